The largest absolute Gasteiger partial charge is 0.468 e. The molecule has 0 fully saturated rings. The lowest BCUT2D eigenvalue weighted by molar-refractivity contribution is 0.250. The van der Waals surface area contributed by atoms with Crippen molar-refractivity contribution in [1.29, 1.82) is 0 Å². The molecule has 0 saturated carbocycles. The second kappa shape index (κ2) is 10.0. The van der Waals surface area contributed by atoms with Crippen LogP contribution >= 0.6 is 0 Å². The molecule has 0 aromatic carbocycles. The SMILES string of the molecule is CCN(CCCCCCNC(C)C)Cc1ccco1. The fourth-order valence-electron chi connectivity index (χ4n) is 2.18. The van der Waals surface area contributed by atoms with Gasteiger partial charge < -0.3 is 9.73 Å². The number of rotatable bonds is 11. The smallest absolute Gasteiger partial charge is 0.117 e. The summed E-state index contributed by atoms with van der Waals surface area (Å²) in [5.74, 6) is 1.07. The van der Waals surface area contributed by atoms with Crippen molar-refractivity contribution in [2.75, 3.05) is 19.6 Å². The summed E-state index contributed by atoms with van der Waals surface area (Å²) in [4.78, 5) is 2.45. The van der Waals surface area contributed by atoms with Crippen LogP contribution in [0.2, 0.25) is 0 Å². The predicted octanol–water partition coefficient (Wildman–Crippen LogP) is 3.66. The van der Waals surface area contributed by atoms with Crippen molar-refractivity contribution in [3.63, 3.8) is 0 Å². The predicted molar refractivity (Wildman–Crippen MR) is 81.3 cm³/mol. The minimum Gasteiger partial charge on any atom is -0.468 e. The molecule has 110 valence electrons. The second-order valence-electron chi connectivity index (χ2n) is 5.47. The molecule has 1 heterocycles. The number of hydrogen-bond acceptors (Lipinski definition) is 3. The maximum absolute atomic E-state index is 5.40. The number of unbranched alkanes of at least 4 members (excludes halogenated alkanes) is 3. The molecule has 0 saturated heterocycles. The van der Waals surface area contributed by atoms with Gasteiger partial charge in [0.2, 0.25) is 0 Å². The molecule has 0 bridgehead atoms. The molecule has 1 aromatic rings. The van der Waals surface area contributed by atoms with Crippen LogP contribution in [0.15, 0.2) is 22.8 Å². The first kappa shape index (κ1) is 16.3. The standard InChI is InChI=1S/C16H30N2O/c1-4-18(14-16-10-9-13-19-16)12-8-6-5-7-11-17-15(2)3/h9-10,13,15,17H,4-8,11-12,14H2,1-3H3. The second-order valence-corrected chi connectivity index (χ2v) is 5.47. The van der Waals surface area contributed by atoms with E-state index in [4.69, 9.17) is 4.42 Å². The van der Waals surface area contributed by atoms with Gasteiger partial charge in [-0.15, -0.1) is 0 Å². The number of nitrogens with zero attached hydrogens (tertiary/aromatic N) is 1. The topological polar surface area (TPSA) is 28.4 Å². The minimum absolute atomic E-state index is 0.615. The van der Waals surface area contributed by atoms with Crippen LogP contribution in [-0.2, 0) is 6.54 Å². The lowest BCUT2D eigenvalue weighted by Gasteiger charge is -2.18. The Morgan fingerprint density at radius 3 is 2.63 bits per heavy atom. The summed E-state index contributed by atoms with van der Waals surface area (Å²) >= 11 is 0. The van der Waals surface area contributed by atoms with Gasteiger partial charge in [0.05, 0.1) is 12.8 Å². The maximum atomic E-state index is 5.40. The Labute approximate surface area is 118 Å². The zero-order chi connectivity index (χ0) is 13.9. The van der Waals surface area contributed by atoms with Crippen LogP contribution in [0, 0.1) is 0 Å². The molecule has 1 aromatic heterocycles. The zero-order valence-electron chi connectivity index (χ0n) is 12.8. The van der Waals surface area contributed by atoms with E-state index in [0.29, 0.717) is 6.04 Å². The van der Waals surface area contributed by atoms with Crippen molar-refractivity contribution in [1.82, 2.24) is 10.2 Å². The van der Waals surface area contributed by atoms with E-state index in [9.17, 15) is 0 Å². The average molecular weight is 266 g/mol. The third-order valence-corrected chi connectivity index (χ3v) is 3.36. The summed E-state index contributed by atoms with van der Waals surface area (Å²) in [6.07, 6.45) is 7.00. The molecule has 0 radical (unpaired) electrons. The number of nitrogens with one attached hydrogen (secondary N) is 1. The highest BCUT2D eigenvalue weighted by Gasteiger charge is 2.05. The minimum atomic E-state index is 0.615. The summed E-state index contributed by atoms with van der Waals surface area (Å²) < 4.78 is 5.40. The lowest BCUT2D eigenvalue weighted by Crippen LogP contribution is -2.24. The van der Waals surface area contributed by atoms with Crippen molar-refractivity contribution in [2.24, 2.45) is 0 Å². The van der Waals surface area contributed by atoms with E-state index in [-0.39, 0.29) is 0 Å². The first-order valence-electron chi connectivity index (χ1n) is 7.70. The van der Waals surface area contributed by atoms with Crippen molar-refractivity contribution in [3.8, 4) is 0 Å². The van der Waals surface area contributed by atoms with Crippen LogP contribution in [-0.4, -0.2) is 30.6 Å². The molecular weight excluding hydrogens is 236 g/mol. The third-order valence-electron chi connectivity index (χ3n) is 3.36. The van der Waals surface area contributed by atoms with Crippen molar-refractivity contribution in [2.45, 2.75) is 59.0 Å². The van der Waals surface area contributed by atoms with Crippen molar-refractivity contribution >= 4 is 0 Å². The Hall–Kier alpha value is -0.800. The van der Waals surface area contributed by atoms with Gasteiger partial charge in [0.1, 0.15) is 5.76 Å². The monoisotopic (exact) mass is 266 g/mol. The Kier molecular flexibility index (Phi) is 8.59. The Balaban J connectivity index is 2.00. The Morgan fingerprint density at radius 1 is 1.21 bits per heavy atom. The van der Waals surface area contributed by atoms with E-state index in [1.807, 2.05) is 6.07 Å². The van der Waals surface area contributed by atoms with Crippen LogP contribution in [0.5, 0.6) is 0 Å². The normalized spacial score (nSPS) is 11.6. The maximum Gasteiger partial charge on any atom is 0.117 e. The van der Waals surface area contributed by atoms with Crippen LogP contribution in [0.4, 0.5) is 0 Å². The van der Waals surface area contributed by atoms with E-state index < -0.39 is 0 Å². The summed E-state index contributed by atoms with van der Waals surface area (Å²) in [6.45, 7) is 11.0. The van der Waals surface area contributed by atoms with Crippen LogP contribution in [0.3, 0.4) is 0 Å². The van der Waals surface area contributed by atoms with Gasteiger partial charge in [-0.3, -0.25) is 4.90 Å². The fourth-order valence-corrected chi connectivity index (χ4v) is 2.18. The van der Waals surface area contributed by atoms with E-state index in [2.05, 4.69) is 37.1 Å². The highest BCUT2D eigenvalue weighted by Crippen LogP contribution is 2.07. The molecule has 1 N–H and O–H groups in total. The summed E-state index contributed by atoms with van der Waals surface area (Å²) in [5.41, 5.74) is 0. The number of furan rings is 1. The van der Waals surface area contributed by atoms with E-state index in [1.165, 1.54) is 32.2 Å². The van der Waals surface area contributed by atoms with Gasteiger partial charge in [-0.2, -0.15) is 0 Å². The molecule has 0 aliphatic rings. The van der Waals surface area contributed by atoms with Gasteiger partial charge in [0.25, 0.3) is 0 Å². The molecule has 3 nitrogen and oxygen atoms in total. The van der Waals surface area contributed by atoms with Gasteiger partial charge in [-0.1, -0.05) is 33.6 Å². The Morgan fingerprint density at radius 2 is 2.00 bits per heavy atom. The molecule has 19 heavy (non-hydrogen) atoms. The molecule has 0 aliphatic carbocycles. The van der Waals surface area contributed by atoms with Crippen LogP contribution in [0.25, 0.3) is 0 Å². The highest BCUT2D eigenvalue weighted by atomic mass is 16.3. The Bertz CT molecular complexity index is 296. The van der Waals surface area contributed by atoms with Gasteiger partial charge in [0.15, 0.2) is 0 Å². The van der Waals surface area contributed by atoms with Gasteiger partial charge in [0, 0.05) is 6.04 Å². The summed E-state index contributed by atoms with van der Waals surface area (Å²) in [5, 5.41) is 3.46. The fraction of sp³-hybridized carbons (Fsp3) is 0.750. The zero-order valence-corrected chi connectivity index (χ0v) is 12.8. The molecule has 1 rings (SSSR count). The molecule has 0 aliphatic heterocycles. The van der Waals surface area contributed by atoms with Gasteiger partial charge in [-0.25, -0.2) is 0 Å². The van der Waals surface area contributed by atoms with Crippen molar-refractivity contribution < 1.29 is 4.42 Å². The van der Waals surface area contributed by atoms with Gasteiger partial charge >= 0.3 is 0 Å². The molecule has 0 spiro atoms. The van der Waals surface area contributed by atoms with Crippen LogP contribution < -0.4 is 5.32 Å². The van der Waals surface area contributed by atoms with E-state index in [1.54, 1.807) is 6.26 Å². The molecule has 0 atom stereocenters. The molecule has 0 unspecified atom stereocenters. The lowest BCUT2D eigenvalue weighted by atomic mass is 10.2. The highest BCUT2D eigenvalue weighted by molar-refractivity contribution is 4.97. The van der Waals surface area contributed by atoms with E-state index >= 15 is 0 Å². The average Bonchev–Trinajstić information content (AvgIpc) is 2.88. The molecular formula is C16H30N2O. The van der Waals surface area contributed by atoms with E-state index in [0.717, 1.165) is 25.4 Å². The third kappa shape index (κ3) is 8.06. The summed E-state index contributed by atoms with van der Waals surface area (Å²) in [7, 11) is 0. The number of hydrogen-bond donors (Lipinski definition) is 1. The molecule has 0 amide bonds. The van der Waals surface area contributed by atoms with Crippen LogP contribution in [0.1, 0.15) is 52.2 Å². The van der Waals surface area contributed by atoms with Gasteiger partial charge in [-0.05, 0) is 44.6 Å². The summed E-state index contributed by atoms with van der Waals surface area (Å²) in [6, 6.07) is 4.63. The quantitative estimate of drug-likeness (QED) is 0.620. The van der Waals surface area contributed by atoms with Crippen molar-refractivity contribution in [3.05, 3.63) is 24.2 Å². The first-order valence-corrected chi connectivity index (χ1v) is 7.70. The molecule has 3 heteroatoms. The first-order chi connectivity index (χ1) is 9.22.